The van der Waals surface area contributed by atoms with Crippen LogP contribution in [-0.4, -0.2) is 34.2 Å². The second-order valence-corrected chi connectivity index (χ2v) is 13.2. The second-order valence-electron chi connectivity index (χ2n) is 13.2. The molecule has 0 bridgehead atoms. The minimum Gasteiger partial charge on any atom is -0.481 e. The van der Waals surface area contributed by atoms with E-state index in [1.54, 1.807) is 0 Å². The lowest BCUT2D eigenvalue weighted by atomic mass is 9.43. The van der Waals surface area contributed by atoms with Crippen LogP contribution in [0.4, 0.5) is 0 Å². The summed E-state index contributed by atoms with van der Waals surface area (Å²) in [5.41, 5.74) is 1.15. The number of hydrogen-bond donors (Lipinski definition) is 3. The Balaban J connectivity index is 1.44. The van der Waals surface area contributed by atoms with Crippen LogP contribution in [0, 0.1) is 46.3 Å². The molecule has 5 nitrogen and oxygen atoms in total. The van der Waals surface area contributed by atoms with E-state index in [-0.39, 0.29) is 35.3 Å². The molecule has 1 aromatic rings. The smallest absolute Gasteiger partial charge is 0.303 e. The monoisotopic (exact) mass is 495 g/mol. The minimum absolute atomic E-state index is 0.0240. The summed E-state index contributed by atoms with van der Waals surface area (Å²) in [6, 6.07) is 9.70. The van der Waals surface area contributed by atoms with Crippen molar-refractivity contribution in [3.63, 3.8) is 0 Å². The number of fused-ring (bicyclic) bond motifs is 5. The molecule has 0 aromatic heterocycles. The fourth-order valence-electron chi connectivity index (χ4n) is 9.76. The van der Waals surface area contributed by atoms with Crippen molar-refractivity contribution in [2.24, 2.45) is 46.3 Å². The third-order valence-electron chi connectivity index (χ3n) is 11.6. The van der Waals surface area contributed by atoms with E-state index in [9.17, 15) is 19.8 Å². The van der Waals surface area contributed by atoms with Gasteiger partial charge in [0.1, 0.15) is 0 Å². The van der Waals surface area contributed by atoms with Gasteiger partial charge in [0.05, 0.1) is 6.10 Å². The Bertz CT molecular complexity index is 965. The largest absolute Gasteiger partial charge is 0.481 e. The van der Waals surface area contributed by atoms with Crippen molar-refractivity contribution in [3.05, 3.63) is 35.9 Å². The van der Waals surface area contributed by atoms with Gasteiger partial charge in [0.2, 0.25) is 0 Å². The van der Waals surface area contributed by atoms with Gasteiger partial charge in [0.25, 0.3) is 5.91 Å². The molecule has 0 radical (unpaired) electrons. The van der Waals surface area contributed by atoms with Crippen molar-refractivity contribution >= 4 is 11.9 Å². The summed E-state index contributed by atoms with van der Waals surface area (Å²) in [6.07, 6.45) is 9.31. The number of aliphatic carboxylic acids is 1. The number of aliphatic hydroxyl groups excluding tert-OH is 1. The van der Waals surface area contributed by atoms with Gasteiger partial charge >= 0.3 is 5.97 Å². The van der Waals surface area contributed by atoms with Gasteiger partial charge in [0.15, 0.2) is 0 Å². The summed E-state index contributed by atoms with van der Waals surface area (Å²) in [7, 11) is 0. The summed E-state index contributed by atoms with van der Waals surface area (Å²) in [6.45, 7) is 7.24. The van der Waals surface area contributed by atoms with Gasteiger partial charge in [-0.15, -0.1) is 0 Å². The van der Waals surface area contributed by atoms with E-state index in [1.807, 2.05) is 30.3 Å². The number of rotatable bonds is 6. The van der Waals surface area contributed by atoms with Crippen LogP contribution in [0.25, 0.3) is 0 Å². The summed E-state index contributed by atoms with van der Waals surface area (Å²) in [4.78, 5) is 24.6. The fourth-order valence-corrected chi connectivity index (χ4v) is 9.76. The van der Waals surface area contributed by atoms with Crippen LogP contribution in [0.3, 0.4) is 0 Å². The lowest BCUT2D eigenvalue weighted by Gasteiger charge is -2.63. The molecule has 0 spiro atoms. The number of nitrogens with one attached hydrogen (secondary N) is 1. The SMILES string of the molecule is C[C@H](CCC(=O)O)[C@H]1CC[C@H]2[C@@H]3[C@@H](NC(=O)c4ccccc4)C[C@@H]4C[C@H](O)CC[C@]4(C)[C@H]3CC[C@]12C. The second kappa shape index (κ2) is 9.78. The molecule has 4 aliphatic rings. The molecule has 198 valence electrons. The van der Waals surface area contributed by atoms with E-state index in [2.05, 4.69) is 26.1 Å². The maximum Gasteiger partial charge on any atom is 0.303 e. The quantitative estimate of drug-likeness (QED) is 0.457. The first-order valence-corrected chi connectivity index (χ1v) is 14.4. The highest BCUT2D eigenvalue weighted by molar-refractivity contribution is 5.94. The van der Waals surface area contributed by atoms with Crippen LogP contribution in [-0.2, 0) is 4.79 Å². The zero-order chi connectivity index (χ0) is 25.7. The first-order chi connectivity index (χ1) is 17.1. The third-order valence-corrected chi connectivity index (χ3v) is 11.6. The Morgan fingerprint density at radius 3 is 2.42 bits per heavy atom. The molecule has 5 rings (SSSR count). The van der Waals surface area contributed by atoms with Gasteiger partial charge in [0, 0.05) is 18.0 Å². The molecule has 1 amide bonds. The summed E-state index contributed by atoms with van der Waals surface area (Å²) < 4.78 is 0. The predicted octanol–water partition coefficient (Wildman–Crippen LogP) is 5.92. The summed E-state index contributed by atoms with van der Waals surface area (Å²) in [5.74, 6) is 2.30. The molecule has 3 N–H and O–H groups in total. The van der Waals surface area contributed by atoms with Crippen LogP contribution >= 0.6 is 0 Å². The highest BCUT2D eigenvalue weighted by atomic mass is 16.4. The van der Waals surface area contributed by atoms with E-state index in [4.69, 9.17) is 0 Å². The molecule has 5 heteroatoms. The van der Waals surface area contributed by atoms with Crippen LogP contribution in [0.15, 0.2) is 30.3 Å². The molecule has 4 fully saturated rings. The standard InChI is InChI=1S/C31H45NO4/c1-19(9-12-27(34)35)23-10-11-24-28-25(14-16-31(23,24)3)30(2)15-13-22(33)17-21(30)18-26(28)32-29(36)20-7-5-4-6-8-20/h4-8,19,21-26,28,33H,9-18H2,1-3H3,(H,32,36)(H,34,35)/t19-,21+,22-,23-,24+,25+,26+,28+,30+,31-/m1/s1. The van der Waals surface area contributed by atoms with Crippen molar-refractivity contribution in [1.82, 2.24) is 5.32 Å². The van der Waals surface area contributed by atoms with Crippen LogP contribution in [0.2, 0.25) is 0 Å². The Labute approximate surface area is 216 Å². The molecule has 0 saturated heterocycles. The number of carboxylic acids is 1. The average Bonchev–Trinajstić information content (AvgIpc) is 3.21. The molecule has 4 saturated carbocycles. The molecular formula is C31H45NO4. The topological polar surface area (TPSA) is 86.6 Å². The predicted molar refractivity (Wildman–Crippen MR) is 140 cm³/mol. The van der Waals surface area contributed by atoms with Gasteiger partial charge < -0.3 is 15.5 Å². The zero-order valence-electron chi connectivity index (χ0n) is 22.3. The number of aliphatic hydroxyl groups is 1. The summed E-state index contributed by atoms with van der Waals surface area (Å²) >= 11 is 0. The molecule has 1 aromatic carbocycles. The number of benzene rings is 1. The zero-order valence-corrected chi connectivity index (χ0v) is 22.3. The van der Waals surface area contributed by atoms with Gasteiger partial charge in [-0.3, -0.25) is 9.59 Å². The lowest BCUT2D eigenvalue weighted by molar-refractivity contribution is -0.141. The van der Waals surface area contributed by atoms with Crippen LogP contribution in [0.1, 0.15) is 95.3 Å². The van der Waals surface area contributed by atoms with Gasteiger partial charge in [-0.05, 0) is 116 Å². The Hall–Kier alpha value is -1.88. The molecular weight excluding hydrogens is 450 g/mol. The van der Waals surface area contributed by atoms with E-state index in [0.717, 1.165) is 37.7 Å². The lowest BCUT2D eigenvalue weighted by Crippen LogP contribution is -2.62. The van der Waals surface area contributed by atoms with E-state index in [0.29, 0.717) is 35.5 Å². The Morgan fingerprint density at radius 2 is 1.69 bits per heavy atom. The molecule has 0 unspecified atom stereocenters. The molecule has 0 heterocycles. The van der Waals surface area contributed by atoms with Crippen LogP contribution in [0.5, 0.6) is 0 Å². The third kappa shape index (κ3) is 4.40. The fraction of sp³-hybridized carbons (Fsp3) is 0.742. The number of hydrogen-bond acceptors (Lipinski definition) is 3. The van der Waals surface area contributed by atoms with Gasteiger partial charge in [-0.1, -0.05) is 39.0 Å². The normalized spacial score (nSPS) is 42.5. The number of carbonyl (C=O) groups is 2. The molecule has 36 heavy (non-hydrogen) atoms. The first-order valence-electron chi connectivity index (χ1n) is 14.4. The van der Waals surface area contributed by atoms with Crippen molar-refractivity contribution in [2.45, 2.75) is 97.1 Å². The van der Waals surface area contributed by atoms with E-state index < -0.39 is 5.97 Å². The highest BCUT2D eigenvalue weighted by Crippen LogP contribution is 2.68. The van der Waals surface area contributed by atoms with Crippen molar-refractivity contribution in [3.8, 4) is 0 Å². The number of amides is 1. The van der Waals surface area contributed by atoms with E-state index in [1.165, 1.54) is 25.7 Å². The van der Waals surface area contributed by atoms with Crippen molar-refractivity contribution in [2.75, 3.05) is 0 Å². The molecule has 10 atom stereocenters. The van der Waals surface area contributed by atoms with Crippen molar-refractivity contribution < 1.29 is 19.8 Å². The molecule has 4 aliphatic carbocycles. The van der Waals surface area contributed by atoms with Gasteiger partial charge in [-0.25, -0.2) is 0 Å². The van der Waals surface area contributed by atoms with Gasteiger partial charge in [-0.2, -0.15) is 0 Å². The van der Waals surface area contributed by atoms with Crippen molar-refractivity contribution in [1.29, 1.82) is 0 Å². The molecule has 0 aliphatic heterocycles. The first kappa shape index (κ1) is 25.8. The highest BCUT2D eigenvalue weighted by Gasteiger charge is 2.63. The number of carbonyl (C=O) groups excluding carboxylic acids is 1. The van der Waals surface area contributed by atoms with Crippen LogP contribution < -0.4 is 5.32 Å². The Morgan fingerprint density at radius 1 is 1.00 bits per heavy atom. The number of carboxylic acid groups (broad SMARTS) is 1. The van der Waals surface area contributed by atoms with E-state index >= 15 is 0 Å². The maximum absolute atomic E-state index is 13.4. The Kier molecular flexibility index (Phi) is 6.99. The average molecular weight is 496 g/mol. The minimum atomic E-state index is -0.695. The summed E-state index contributed by atoms with van der Waals surface area (Å²) in [5, 5.41) is 23.3. The maximum atomic E-state index is 13.4.